The van der Waals surface area contributed by atoms with Gasteiger partial charge in [0.2, 0.25) is 0 Å². The van der Waals surface area contributed by atoms with Gasteiger partial charge in [-0.2, -0.15) is 0 Å². The molecule has 2 unspecified atom stereocenters. The van der Waals surface area contributed by atoms with Crippen LogP contribution in [-0.4, -0.2) is 19.3 Å². The van der Waals surface area contributed by atoms with Crippen LogP contribution in [0.15, 0.2) is 28.7 Å². The van der Waals surface area contributed by atoms with Gasteiger partial charge < -0.3 is 14.5 Å². The molecule has 0 aliphatic carbocycles. The van der Waals surface area contributed by atoms with Crippen LogP contribution < -0.4 is 5.32 Å². The van der Waals surface area contributed by atoms with Crippen molar-refractivity contribution in [1.82, 2.24) is 5.32 Å². The summed E-state index contributed by atoms with van der Waals surface area (Å²) in [6, 6.07) is 7.99. The fraction of sp³-hybridized carbons (Fsp3) is 0.467. The minimum atomic E-state index is 0.107. The number of hydrogen-bond acceptors (Lipinski definition) is 3. The highest BCUT2D eigenvalue weighted by Crippen LogP contribution is 2.33. The quantitative estimate of drug-likeness (QED) is 0.921. The number of para-hydroxylation sites is 1. The maximum atomic E-state index is 6.17. The molecule has 2 aromatic rings. The minimum absolute atomic E-state index is 0.107. The molecule has 0 spiro atoms. The molecule has 1 saturated heterocycles. The first-order valence-corrected chi connectivity index (χ1v) is 7.20. The molecule has 1 aromatic carbocycles. The second-order valence-electron chi connectivity index (χ2n) is 4.89. The number of benzene rings is 1. The third-order valence-electron chi connectivity index (χ3n) is 3.58. The topological polar surface area (TPSA) is 34.4 Å². The lowest BCUT2D eigenvalue weighted by Crippen LogP contribution is -2.31. The van der Waals surface area contributed by atoms with Crippen LogP contribution in [-0.2, 0) is 4.74 Å². The Morgan fingerprint density at radius 2 is 2.37 bits per heavy atom. The molecule has 2 heterocycles. The van der Waals surface area contributed by atoms with Crippen molar-refractivity contribution in [3.8, 4) is 0 Å². The van der Waals surface area contributed by atoms with E-state index in [1.807, 2.05) is 18.2 Å². The summed E-state index contributed by atoms with van der Waals surface area (Å²) < 4.78 is 11.7. The van der Waals surface area contributed by atoms with E-state index in [4.69, 9.17) is 20.8 Å². The second-order valence-corrected chi connectivity index (χ2v) is 5.30. The Morgan fingerprint density at radius 3 is 3.05 bits per heavy atom. The number of nitrogens with one attached hydrogen (secondary N) is 1. The molecule has 0 radical (unpaired) electrons. The molecule has 2 atom stereocenters. The number of rotatable bonds is 4. The Labute approximate surface area is 117 Å². The van der Waals surface area contributed by atoms with Crippen LogP contribution >= 0.6 is 11.6 Å². The molecular formula is C15H18ClNO2. The van der Waals surface area contributed by atoms with Crippen LogP contribution in [0.1, 0.15) is 31.6 Å². The molecule has 1 aliphatic rings. The molecular weight excluding hydrogens is 262 g/mol. The van der Waals surface area contributed by atoms with Crippen molar-refractivity contribution in [1.29, 1.82) is 0 Å². The molecule has 3 rings (SSSR count). The van der Waals surface area contributed by atoms with Crippen LogP contribution in [0.25, 0.3) is 11.0 Å². The molecule has 0 amide bonds. The molecule has 19 heavy (non-hydrogen) atoms. The SMILES string of the molecule is CCNC(c1cc2cccc(Cl)c2o1)C1CCCO1. The van der Waals surface area contributed by atoms with Crippen molar-refractivity contribution >= 4 is 22.6 Å². The monoisotopic (exact) mass is 279 g/mol. The summed E-state index contributed by atoms with van der Waals surface area (Å²) in [7, 11) is 0. The zero-order chi connectivity index (χ0) is 13.2. The number of fused-ring (bicyclic) bond motifs is 1. The van der Waals surface area contributed by atoms with Gasteiger partial charge in [0.05, 0.1) is 17.2 Å². The van der Waals surface area contributed by atoms with Crippen LogP contribution in [0.3, 0.4) is 0 Å². The van der Waals surface area contributed by atoms with Gasteiger partial charge in [0.25, 0.3) is 0 Å². The Bertz CT molecular complexity index is 560. The first-order chi connectivity index (χ1) is 9.29. The summed E-state index contributed by atoms with van der Waals surface area (Å²) in [5.74, 6) is 0.914. The van der Waals surface area contributed by atoms with Gasteiger partial charge in [-0.05, 0) is 31.5 Å². The maximum Gasteiger partial charge on any atom is 0.152 e. The van der Waals surface area contributed by atoms with Gasteiger partial charge in [-0.25, -0.2) is 0 Å². The zero-order valence-electron chi connectivity index (χ0n) is 11.0. The molecule has 1 fully saturated rings. The lowest BCUT2D eigenvalue weighted by Gasteiger charge is -2.21. The number of ether oxygens (including phenoxy) is 1. The average molecular weight is 280 g/mol. The largest absolute Gasteiger partial charge is 0.458 e. The Morgan fingerprint density at radius 1 is 1.47 bits per heavy atom. The van der Waals surface area contributed by atoms with Gasteiger partial charge in [0, 0.05) is 12.0 Å². The summed E-state index contributed by atoms with van der Waals surface area (Å²) in [6.45, 7) is 3.82. The van der Waals surface area contributed by atoms with Crippen LogP contribution in [0.4, 0.5) is 0 Å². The molecule has 4 heteroatoms. The second kappa shape index (κ2) is 5.53. The third-order valence-corrected chi connectivity index (χ3v) is 3.88. The summed E-state index contributed by atoms with van der Waals surface area (Å²) in [6.07, 6.45) is 2.38. The van der Waals surface area contributed by atoms with Crippen molar-refractivity contribution in [2.45, 2.75) is 31.9 Å². The van der Waals surface area contributed by atoms with Gasteiger partial charge in [0.15, 0.2) is 5.58 Å². The van der Waals surface area contributed by atoms with Crippen molar-refractivity contribution in [3.05, 3.63) is 35.0 Å². The van der Waals surface area contributed by atoms with Crippen LogP contribution in [0.2, 0.25) is 5.02 Å². The van der Waals surface area contributed by atoms with Crippen molar-refractivity contribution in [2.24, 2.45) is 0 Å². The predicted molar refractivity (Wildman–Crippen MR) is 76.6 cm³/mol. The number of halogens is 1. The number of furan rings is 1. The third kappa shape index (κ3) is 2.50. The lowest BCUT2D eigenvalue weighted by molar-refractivity contribution is 0.0723. The van der Waals surface area contributed by atoms with Gasteiger partial charge in [-0.15, -0.1) is 0 Å². The van der Waals surface area contributed by atoms with Gasteiger partial charge in [-0.3, -0.25) is 0 Å². The summed E-state index contributed by atoms with van der Waals surface area (Å²) in [4.78, 5) is 0. The van der Waals surface area contributed by atoms with E-state index in [0.29, 0.717) is 5.02 Å². The van der Waals surface area contributed by atoms with E-state index in [1.165, 1.54) is 0 Å². The van der Waals surface area contributed by atoms with E-state index in [2.05, 4.69) is 18.3 Å². The molecule has 0 bridgehead atoms. The van der Waals surface area contributed by atoms with E-state index in [1.54, 1.807) is 0 Å². The normalized spacial score (nSPS) is 21.1. The molecule has 0 saturated carbocycles. The van der Waals surface area contributed by atoms with E-state index in [0.717, 1.165) is 42.7 Å². The lowest BCUT2D eigenvalue weighted by atomic mass is 10.1. The average Bonchev–Trinajstić information content (AvgIpc) is 3.05. The fourth-order valence-electron chi connectivity index (χ4n) is 2.70. The first kappa shape index (κ1) is 13.0. The molecule has 102 valence electrons. The Balaban J connectivity index is 1.97. The Kier molecular flexibility index (Phi) is 3.78. The van der Waals surface area contributed by atoms with Crippen molar-refractivity contribution in [2.75, 3.05) is 13.2 Å². The van der Waals surface area contributed by atoms with Crippen molar-refractivity contribution in [3.63, 3.8) is 0 Å². The molecule has 3 nitrogen and oxygen atoms in total. The Hall–Kier alpha value is -1.03. The van der Waals surface area contributed by atoms with E-state index in [-0.39, 0.29) is 12.1 Å². The smallest absolute Gasteiger partial charge is 0.152 e. The van der Waals surface area contributed by atoms with Gasteiger partial charge >= 0.3 is 0 Å². The standard InChI is InChI=1S/C15H18ClNO2/c1-2-17-14(12-7-4-8-18-12)13-9-10-5-3-6-11(16)15(10)19-13/h3,5-6,9,12,14,17H,2,4,7-8H2,1H3. The van der Waals surface area contributed by atoms with E-state index >= 15 is 0 Å². The fourth-order valence-corrected chi connectivity index (χ4v) is 2.92. The number of likely N-dealkylation sites (N-methyl/N-ethyl adjacent to an activating group) is 1. The van der Waals surface area contributed by atoms with Gasteiger partial charge in [-0.1, -0.05) is 30.7 Å². The predicted octanol–water partition coefficient (Wildman–Crippen LogP) is 3.92. The molecule has 1 N–H and O–H groups in total. The van der Waals surface area contributed by atoms with Crippen LogP contribution in [0.5, 0.6) is 0 Å². The highest BCUT2D eigenvalue weighted by atomic mass is 35.5. The molecule has 1 aromatic heterocycles. The maximum absolute atomic E-state index is 6.17. The highest BCUT2D eigenvalue weighted by molar-refractivity contribution is 6.34. The zero-order valence-corrected chi connectivity index (χ0v) is 11.7. The first-order valence-electron chi connectivity index (χ1n) is 6.82. The van der Waals surface area contributed by atoms with E-state index in [9.17, 15) is 0 Å². The van der Waals surface area contributed by atoms with Crippen molar-refractivity contribution < 1.29 is 9.15 Å². The summed E-state index contributed by atoms with van der Waals surface area (Å²) >= 11 is 6.17. The van der Waals surface area contributed by atoms with Crippen LogP contribution in [0, 0.1) is 0 Å². The number of hydrogen-bond donors (Lipinski definition) is 1. The minimum Gasteiger partial charge on any atom is -0.458 e. The highest BCUT2D eigenvalue weighted by Gasteiger charge is 2.29. The van der Waals surface area contributed by atoms with Gasteiger partial charge in [0.1, 0.15) is 5.76 Å². The summed E-state index contributed by atoms with van der Waals surface area (Å²) in [5.41, 5.74) is 0.764. The van der Waals surface area contributed by atoms with E-state index < -0.39 is 0 Å². The molecule has 1 aliphatic heterocycles. The summed E-state index contributed by atoms with van der Waals surface area (Å²) in [5, 5.41) is 5.16.